The molecule has 1 aliphatic heterocycles. The van der Waals surface area contributed by atoms with Gasteiger partial charge < -0.3 is 5.32 Å². The largest absolute Gasteiger partial charge is 0.370 e. The fraction of sp³-hybridized carbons (Fsp3) is 0.688. The number of nitrogens with one attached hydrogen (secondary N) is 1. The second-order valence-corrected chi connectivity index (χ2v) is 5.59. The number of likely N-dealkylation sites (tertiary alicyclic amines) is 1. The summed E-state index contributed by atoms with van der Waals surface area (Å²) in [5, 5.41) is 3.44. The highest BCUT2D eigenvalue weighted by atomic mass is 15.1. The molecule has 1 saturated heterocycles. The highest BCUT2D eigenvalue weighted by Crippen LogP contribution is 2.22. The number of rotatable bonds is 6. The van der Waals surface area contributed by atoms with Crippen LogP contribution in [0.2, 0.25) is 0 Å². The van der Waals surface area contributed by atoms with Crippen molar-refractivity contribution < 1.29 is 0 Å². The second kappa shape index (κ2) is 7.49. The van der Waals surface area contributed by atoms with E-state index >= 15 is 0 Å². The molecule has 106 valence electrons. The minimum atomic E-state index is 0.887. The average molecular weight is 261 g/mol. The van der Waals surface area contributed by atoms with Gasteiger partial charge in [-0.3, -0.25) is 4.90 Å². The number of nitrogens with zero attached hydrogens (tertiary/aromatic N) is 2. The molecule has 0 aromatic carbocycles. The maximum atomic E-state index is 4.48. The van der Waals surface area contributed by atoms with Crippen LogP contribution in [0.25, 0.3) is 0 Å². The zero-order chi connectivity index (χ0) is 13.5. The van der Waals surface area contributed by atoms with E-state index in [0.717, 1.165) is 31.2 Å². The number of pyridine rings is 1. The summed E-state index contributed by atoms with van der Waals surface area (Å²) >= 11 is 0. The third-order valence-electron chi connectivity index (χ3n) is 4.01. The van der Waals surface area contributed by atoms with Crippen LogP contribution in [0, 0.1) is 5.92 Å². The molecule has 2 heterocycles. The monoisotopic (exact) mass is 261 g/mol. The molecule has 3 nitrogen and oxygen atoms in total. The van der Waals surface area contributed by atoms with Crippen LogP contribution in [-0.2, 0) is 6.54 Å². The van der Waals surface area contributed by atoms with Gasteiger partial charge in [-0.1, -0.05) is 26.3 Å². The summed E-state index contributed by atoms with van der Waals surface area (Å²) in [5.74, 6) is 1.96. The van der Waals surface area contributed by atoms with Crippen LogP contribution >= 0.6 is 0 Å². The van der Waals surface area contributed by atoms with Crippen LogP contribution in [0.1, 0.15) is 45.1 Å². The van der Waals surface area contributed by atoms with E-state index in [-0.39, 0.29) is 0 Å². The molecular formula is C16H27N3. The van der Waals surface area contributed by atoms with E-state index in [4.69, 9.17) is 0 Å². The first-order chi connectivity index (χ1) is 9.33. The molecule has 1 aromatic rings. The SMILES string of the molecule is CCCNc1ncccc1CN1CCCC(CC)C1. The fourth-order valence-electron chi connectivity index (χ4n) is 2.84. The lowest BCUT2D eigenvalue weighted by Crippen LogP contribution is -2.34. The van der Waals surface area contributed by atoms with Crippen LogP contribution in [0.15, 0.2) is 18.3 Å². The molecule has 1 aromatic heterocycles. The van der Waals surface area contributed by atoms with Gasteiger partial charge >= 0.3 is 0 Å². The van der Waals surface area contributed by atoms with Crippen molar-refractivity contribution in [3.8, 4) is 0 Å². The summed E-state index contributed by atoms with van der Waals surface area (Å²) in [5.41, 5.74) is 1.34. The van der Waals surface area contributed by atoms with Gasteiger partial charge in [-0.25, -0.2) is 4.98 Å². The quantitative estimate of drug-likeness (QED) is 0.849. The Morgan fingerprint density at radius 3 is 3.11 bits per heavy atom. The Bertz CT molecular complexity index is 378. The Morgan fingerprint density at radius 1 is 1.42 bits per heavy atom. The number of aromatic nitrogens is 1. The Morgan fingerprint density at radius 2 is 2.32 bits per heavy atom. The predicted molar refractivity (Wildman–Crippen MR) is 81.3 cm³/mol. The van der Waals surface area contributed by atoms with Crippen molar-refractivity contribution in [2.45, 2.75) is 46.1 Å². The highest BCUT2D eigenvalue weighted by Gasteiger charge is 2.19. The van der Waals surface area contributed by atoms with E-state index in [2.05, 4.69) is 35.1 Å². The molecule has 0 saturated carbocycles. The molecule has 0 radical (unpaired) electrons. The van der Waals surface area contributed by atoms with Crippen molar-refractivity contribution in [1.82, 2.24) is 9.88 Å². The molecule has 19 heavy (non-hydrogen) atoms. The minimum Gasteiger partial charge on any atom is -0.370 e. The zero-order valence-corrected chi connectivity index (χ0v) is 12.4. The first-order valence-corrected chi connectivity index (χ1v) is 7.73. The lowest BCUT2D eigenvalue weighted by molar-refractivity contribution is 0.165. The number of hydrogen-bond acceptors (Lipinski definition) is 3. The van der Waals surface area contributed by atoms with Gasteiger partial charge in [0.05, 0.1) is 0 Å². The summed E-state index contributed by atoms with van der Waals surface area (Å²) in [7, 11) is 0. The molecule has 1 unspecified atom stereocenters. The normalized spacial score (nSPS) is 20.4. The van der Waals surface area contributed by atoms with Crippen LogP contribution < -0.4 is 5.32 Å². The van der Waals surface area contributed by atoms with Crippen molar-refractivity contribution >= 4 is 5.82 Å². The predicted octanol–water partition coefficient (Wildman–Crippen LogP) is 3.53. The summed E-state index contributed by atoms with van der Waals surface area (Å²) in [4.78, 5) is 7.07. The summed E-state index contributed by atoms with van der Waals surface area (Å²) < 4.78 is 0. The van der Waals surface area contributed by atoms with Crippen molar-refractivity contribution in [1.29, 1.82) is 0 Å². The van der Waals surface area contributed by atoms with Crippen LogP contribution in [0.5, 0.6) is 0 Å². The maximum Gasteiger partial charge on any atom is 0.130 e. The molecule has 3 heteroatoms. The van der Waals surface area contributed by atoms with Gasteiger partial charge in [0.2, 0.25) is 0 Å². The van der Waals surface area contributed by atoms with E-state index in [1.807, 2.05) is 12.3 Å². The lowest BCUT2D eigenvalue weighted by atomic mass is 9.95. The number of hydrogen-bond donors (Lipinski definition) is 1. The molecule has 2 rings (SSSR count). The summed E-state index contributed by atoms with van der Waals surface area (Å²) in [6.45, 7) is 9.02. The lowest BCUT2D eigenvalue weighted by Gasteiger charge is -2.32. The van der Waals surface area contributed by atoms with Crippen molar-refractivity contribution in [3.63, 3.8) is 0 Å². The Kier molecular flexibility index (Phi) is 5.64. The second-order valence-electron chi connectivity index (χ2n) is 5.59. The average Bonchev–Trinajstić information content (AvgIpc) is 2.46. The van der Waals surface area contributed by atoms with Crippen molar-refractivity contribution in [2.75, 3.05) is 25.0 Å². The molecule has 0 amide bonds. The third kappa shape index (κ3) is 4.20. The van der Waals surface area contributed by atoms with Gasteiger partial charge in [-0.2, -0.15) is 0 Å². The number of piperidine rings is 1. The highest BCUT2D eigenvalue weighted by molar-refractivity contribution is 5.43. The van der Waals surface area contributed by atoms with E-state index in [1.165, 1.54) is 37.9 Å². The minimum absolute atomic E-state index is 0.887. The summed E-state index contributed by atoms with van der Waals surface area (Å²) in [6, 6.07) is 4.26. The molecule has 1 atom stereocenters. The molecule has 0 aliphatic carbocycles. The summed E-state index contributed by atoms with van der Waals surface area (Å²) in [6.07, 6.45) is 7.08. The Hall–Kier alpha value is -1.09. The Balaban J connectivity index is 1.97. The van der Waals surface area contributed by atoms with Crippen LogP contribution in [0.3, 0.4) is 0 Å². The molecular weight excluding hydrogens is 234 g/mol. The van der Waals surface area contributed by atoms with E-state index in [9.17, 15) is 0 Å². The van der Waals surface area contributed by atoms with E-state index in [1.54, 1.807) is 0 Å². The van der Waals surface area contributed by atoms with E-state index < -0.39 is 0 Å². The third-order valence-corrected chi connectivity index (χ3v) is 4.01. The van der Waals surface area contributed by atoms with Crippen molar-refractivity contribution in [3.05, 3.63) is 23.9 Å². The van der Waals surface area contributed by atoms with Crippen LogP contribution in [0.4, 0.5) is 5.82 Å². The molecule has 1 N–H and O–H groups in total. The van der Waals surface area contributed by atoms with Crippen molar-refractivity contribution in [2.24, 2.45) is 5.92 Å². The zero-order valence-electron chi connectivity index (χ0n) is 12.4. The molecule has 0 bridgehead atoms. The smallest absolute Gasteiger partial charge is 0.130 e. The first kappa shape index (κ1) is 14.3. The fourth-order valence-corrected chi connectivity index (χ4v) is 2.84. The van der Waals surface area contributed by atoms with Gasteiger partial charge in [0.25, 0.3) is 0 Å². The van der Waals surface area contributed by atoms with Gasteiger partial charge in [-0.05, 0) is 37.8 Å². The number of anilines is 1. The maximum absolute atomic E-state index is 4.48. The topological polar surface area (TPSA) is 28.2 Å². The molecule has 0 spiro atoms. The van der Waals surface area contributed by atoms with Gasteiger partial charge in [0.15, 0.2) is 0 Å². The van der Waals surface area contributed by atoms with Gasteiger partial charge in [0, 0.05) is 31.4 Å². The Labute approximate surface area is 117 Å². The van der Waals surface area contributed by atoms with Gasteiger partial charge in [0.1, 0.15) is 5.82 Å². The van der Waals surface area contributed by atoms with Crippen LogP contribution in [-0.4, -0.2) is 29.5 Å². The molecule has 1 fully saturated rings. The van der Waals surface area contributed by atoms with E-state index in [0.29, 0.717) is 0 Å². The molecule has 1 aliphatic rings. The van der Waals surface area contributed by atoms with Gasteiger partial charge in [-0.15, -0.1) is 0 Å². The first-order valence-electron chi connectivity index (χ1n) is 7.73. The standard InChI is InChI=1S/C16H27N3/c1-3-9-17-16-15(8-5-10-18-16)13-19-11-6-7-14(4-2)12-19/h5,8,10,14H,3-4,6-7,9,11-13H2,1-2H3,(H,17,18).